The predicted octanol–water partition coefficient (Wildman–Crippen LogP) is 3.32. The first-order valence-corrected chi connectivity index (χ1v) is 7.79. The predicted molar refractivity (Wildman–Crippen MR) is 97.5 cm³/mol. The van der Waals surface area contributed by atoms with Gasteiger partial charge in [-0.2, -0.15) is 10.5 Å². The van der Waals surface area contributed by atoms with Crippen molar-refractivity contribution in [2.24, 2.45) is 0 Å². The third-order valence-corrected chi connectivity index (χ3v) is 3.41. The van der Waals surface area contributed by atoms with E-state index >= 15 is 0 Å². The van der Waals surface area contributed by atoms with Crippen molar-refractivity contribution >= 4 is 17.7 Å². The number of hydrogen-bond donors (Lipinski definition) is 1. The maximum Gasteiger partial charge on any atom is 0.248 e. The average Bonchev–Trinajstić information content (AvgIpc) is 2.66. The summed E-state index contributed by atoms with van der Waals surface area (Å²) in [6.07, 6.45) is 3.40. The van der Waals surface area contributed by atoms with Crippen LogP contribution in [-0.4, -0.2) is 19.6 Å². The Hall–Kier alpha value is -3.77. The third kappa shape index (κ3) is 5.40. The highest BCUT2D eigenvalue weighted by molar-refractivity contribution is 6.01. The van der Waals surface area contributed by atoms with E-state index in [4.69, 9.17) is 20.0 Å². The van der Waals surface area contributed by atoms with E-state index < -0.39 is 0 Å². The zero-order valence-electron chi connectivity index (χ0n) is 14.2. The highest BCUT2D eigenvalue weighted by Crippen LogP contribution is 2.28. The number of carbonyl (C=O) groups excluding carboxylic acids is 1. The van der Waals surface area contributed by atoms with E-state index in [2.05, 4.69) is 11.4 Å². The van der Waals surface area contributed by atoms with E-state index in [1.54, 1.807) is 48.5 Å². The number of benzene rings is 2. The van der Waals surface area contributed by atoms with E-state index in [1.165, 1.54) is 13.2 Å². The van der Waals surface area contributed by atoms with Crippen LogP contribution in [0.5, 0.6) is 11.5 Å². The number of amides is 1. The van der Waals surface area contributed by atoms with Crippen molar-refractivity contribution in [1.29, 1.82) is 10.5 Å². The highest BCUT2D eigenvalue weighted by Gasteiger charge is 2.05. The van der Waals surface area contributed by atoms with E-state index in [9.17, 15) is 4.79 Å². The topological polar surface area (TPSA) is 95.1 Å². The molecule has 0 spiro atoms. The van der Waals surface area contributed by atoms with Crippen LogP contribution in [0.4, 0.5) is 5.69 Å². The SMILES string of the molecule is COc1cc(/C=C/C(=O)Nc2ccc(CC#N)cc2)ccc1OCC#N. The zero-order chi connectivity index (χ0) is 18.8. The van der Waals surface area contributed by atoms with Crippen LogP contribution in [-0.2, 0) is 11.2 Å². The number of carbonyl (C=O) groups is 1. The van der Waals surface area contributed by atoms with Crippen molar-refractivity contribution < 1.29 is 14.3 Å². The van der Waals surface area contributed by atoms with Crippen LogP contribution < -0.4 is 14.8 Å². The van der Waals surface area contributed by atoms with Gasteiger partial charge in [0, 0.05) is 11.8 Å². The number of nitrogens with one attached hydrogen (secondary N) is 1. The van der Waals surface area contributed by atoms with Crippen molar-refractivity contribution in [2.75, 3.05) is 19.0 Å². The Kier molecular flexibility index (Phi) is 6.79. The molecule has 0 bridgehead atoms. The smallest absolute Gasteiger partial charge is 0.248 e. The number of anilines is 1. The van der Waals surface area contributed by atoms with Crippen molar-refractivity contribution in [3.63, 3.8) is 0 Å². The van der Waals surface area contributed by atoms with Crippen molar-refractivity contribution in [2.45, 2.75) is 6.42 Å². The third-order valence-electron chi connectivity index (χ3n) is 3.41. The highest BCUT2D eigenvalue weighted by atomic mass is 16.5. The van der Waals surface area contributed by atoms with Gasteiger partial charge in [0.25, 0.3) is 0 Å². The minimum absolute atomic E-state index is 0.0683. The summed E-state index contributed by atoms with van der Waals surface area (Å²) in [5.41, 5.74) is 2.30. The summed E-state index contributed by atoms with van der Waals surface area (Å²) in [5.74, 6) is 0.672. The molecular weight excluding hydrogens is 330 g/mol. The van der Waals surface area contributed by atoms with Gasteiger partial charge in [-0.05, 0) is 41.5 Å². The molecule has 2 aromatic carbocycles. The number of hydrogen-bond acceptors (Lipinski definition) is 5. The molecule has 26 heavy (non-hydrogen) atoms. The summed E-state index contributed by atoms with van der Waals surface area (Å²) in [6, 6.07) is 16.2. The van der Waals surface area contributed by atoms with Gasteiger partial charge in [-0.15, -0.1) is 0 Å². The van der Waals surface area contributed by atoms with Crippen molar-refractivity contribution in [3.8, 4) is 23.6 Å². The van der Waals surface area contributed by atoms with Crippen LogP contribution in [0.15, 0.2) is 48.5 Å². The molecule has 0 aromatic heterocycles. The molecule has 0 aliphatic rings. The Morgan fingerprint density at radius 2 is 1.88 bits per heavy atom. The van der Waals surface area contributed by atoms with Crippen LogP contribution in [0.25, 0.3) is 6.08 Å². The minimum atomic E-state index is -0.276. The zero-order valence-corrected chi connectivity index (χ0v) is 14.2. The second-order valence-corrected chi connectivity index (χ2v) is 5.21. The molecule has 0 atom stereocenters. The van der Waals surface area contributed by atoms with Gasteiger partial charge >= 0.3 is 0 Å². The molecule has 6 nitrogen and oxygen atoms in total. The largest absolute Gasteiger partial charge is 0.493 e. The van der Waals surface area contributed by atoms with Gasteiger partial charge in [-0.25, -0.2) is 0 Å². The summed E-state index contributed by atoms with van der Waals surface area (Å²) in [4.78, 5) is 12.0. The van der Waals surface area contributed by atoms with Crippen LogP contribution in [0, 0.1) is 22.7 Å². The van der Waals surface area contributed by atoms with E-state index in [1.807, 2.05) is 6.07 Å². The lowest BCUT2D eigenvalue weighted by Gasteiger charge is -2.08. The fourth-order valence-electron chi connectivity index (χ4n) is 2.17. The Bertz CT molecular complexity index is 875. The van der Waals surface area contributed by atoms with E-state index in [-0.39, 0.29) is 12.5 Å². The number of ether oxygens (including phenoxy) is 2. The quantitative estimate of drug-likeness (QED) is 0.775. The normalized spacial score (nSPS) is 9.96. The van der Waals surface area contributed by atoms with Gasteiger partial charge in [0.15, 0.2) is 18.1 Å². The van der Waals surface area contributed by atoms with Crippen molar-refractivity contribution in [3.05, 3.63) is 59.7 Å². The number of methoxy groups -OCH3 is 1. The standard InChI is InChI=1S/C20H17N3O3/c1-25-19-14-16(4-8-18(19)26-13-12-22)5-9-20(24)23-17-6-2-15(3-7-17)10-11-21/h2-9,14H,10,13H2,1H3,(H,23,24)/b9-5+. The van der Waals surface area contributed by atoms with Crippen LogP contribution in [0.1, 0.15) is 11.1 Å². The lowest BCUT2D eigenvalue weighted by molar-refractivity contribution is -0.111. The maximum absolute atomic E-state index is 12.0. The summed E-state index contributed by atoms with van der Waals surface area (Å²) >= 11 is 0. The second kappa shape index (κ2) is 9.51. The summed E-state index contributed by atoms with van der Waals surface area (Å²) in [7, 11) is 1.50. The number of nitrogens with zero attached hydrogens (tertiary/aromatic N) is 2. The number of rotatable bonds is 7. The van der Waals surface area contributed by atoms with Gasteiger partial charge in [-0.1, -0.05) is 18.2 Å². The molecule has 0 fully saturated rings. The Morgan fingerprint density at radius 3 is 2.54 bits per heavy atom. The van der Waals surface area contributed by atoms with E-state index in [0.717, 1.165) is 11.1 Å². The molecule has 6 heteroatoms. The Labute approximate surface area is 151 Å². The lowest BCUT2D eigenvalue weighted by Crippen LogP contribution is -2.07. The first-order chi connectivity index (χ1) is 12.7. The molecule has 1 N–H and O–H groups in total. The molecule has 0 aliphatic heterocycles. The molecule has 0 saturated heterocycles. The van der Waals surface area contributed by atoms with Crippen molar-refractivity contribution in [1.82, 2.24) is 0 Å². The lowest BCUT2D eigenvalue weighted by atomic mass is 10.1. The van der Waals surface area contributed by atoms with Crippen LogP contribution >= 0.6 is 0 Å². The van der Waals surface area contributed by atoms with Gasteiger partial charge in [0.2, 0.25) is 5.91 Å². The van der Waals surface area contributed by atoms with Gasteiger partial charge in [0.1, 0.15) is 6.07 Å². The Balaban J connectivity index is 2.01. The minimum Gasteiger partial charge on any atom is -0.493 e. The molecule has 1 amide bonds. The van der Waals surface area contributed by atoms with Crippen LogP contribution in [0.3, 0.4) is 0 Å². The monoisotopic (exact) mass is 347 g/mol. The molecule has 0 heterocycles. The first-order valence-electron chi connectivity index (χ1n) is 7.79. The molecule has 0 unspecified atom stereocenters. The molecule has 0 saturated carbocycles. The number of nitriles is 2. The van der Waals surface area contributed by atoms with E-state index in [0.29, 0.717) is 23.6 Å². The van der Waals surface area contributed by atoms with Gasteiger partial charge < -0.3 is 14.8 Å². The van der Waals surface area contributed by atoms with Gasteiger partial charge in [-0.3, -0.25) is 4.79 Å². The molecule has 130 valence electrons. The van der Waals surface area contributed by atoms with Crippen LogP contribution in [0.2, 0.25) is 0 Å². The Morgan fingerprint density at radius 1 is 1.12 bits per heavy atom. The summed E-state index contributed by atoms with van der Waals surface area (Å²) in [5, 5.41) is 20.0. The maximum atomic E-state index is 12.0. The molecule has 2 aromatic rings. The summed E-state index contributed by atoms with van der Waals surface area (Å²) in [6.45, 7) is -0.0683. The average molecular weight is 347 g/mol. The fraction of sp³-hybridized carbons (Fsp3) is 0.150. The molecule has 0 radical (unpaired) electrons. The molecule has 2 rings (SSSR count). The molecule has 0 aliphatic carbocycles. The summed E-state index contributed by atoms with van der Waals surface area (Å²) < 4.78 is 10.5. The molecular formula is C20H17N3O3. The fourth-order valence-corrected chi connectivity index (χ4v) is 2.17. The second-order valence-electron chi connectivity index (χ2n) is 5.21. The van der Waals surface area contributed by atoms with Gasteiger partial charge in [0.05, 0.1) is 19.6 Å². The first kappa shape index (κ1) is 18.6.